The van der Waals surface area contributed by atoms with Crippen molar-refractivity contribution in [1.82, 2.24) is 9.97 Å². The van der Waals surface area contributed by atoms with Crippen LogP contribution in [0.15, 0.2) is 46.7 Å². The number of thiazole rings is 1. The molecule has 1 aromatic carbocycles. The molecule has 0 saturated heterocycles. The number of aryl methyl sites for hydroxylation is 2. The molecule has 126 valence electrons. The van der Waals surface area contributed by atoms with Crippen molar-refractivity contribution in [3.8, 4) is 10.6 Å². The second kappa shape index (κ2) is 6.63. The lowest BCUT2D eigenvalue weighted by Crippen LogP contribution is -2.13. The van der Waals surface area contributed by atoms with Gasteiger partial charge in [0.2, 0.25) is 0 Å². The van der Waals surface area contributed by atoms with E-state index < -0.39 is 10.0 Å². The third-order valence-electron chi connectivity index (χ3n) is 3.37. The summed E-state index contributed by atoms with van der Waals surface area (Å²) < 4.78 is 28.0. The van der Waals surface area contributed by atoms with Crippen LogP contribution in [0, 0.1) is 20.4 Å². The Morgan fingerprint density at radius 1 is 1.08 bits per heavy atom. The highest BCUT2D eigenvalue weighted by molar-refractivity contribution is 7.94. The van der Waals surface area contributed by atoms with Crippen LogP contribution >= 0.6 is 11.3 Å². The van der Waals surface area contributed by atoms with Crippen LogP contribution in [-0.4, -0.2) is 18.4 Å². The summed E-state index contributed by atoms with van der Waals surface area (Å²) in [6, 6.07) is 12.0. The molecular weight excluding hydrogens is 356 g/mol. The minimum Gasteiger partial charge on any atom is -0.263 e. The SMILES string of the molecule is [C-]#[N+]c1ccc(-c2nc(C)c(S(=O)(=O)Nc3cccc(C)n3)s2)cc1. The predicted octanol–water partition coefficient (Wildman–Crippen LogP) is 4.17. The largest absolute Gasteiger partial charge is 0.274 e. The lowest BCUT2D eigenvalue weighted by atomic mass is 10.2. The van der Waals surface area contributed by atoms with Crippen LogP contribution in [-0.2, 0) is 10.0 Å². The Bertz CT molecular complexity index is 1060. The molecule has 0 bridgehead atoms. The van der Waals surface area contributed by atoms with E-state index in [0.717, 1.165) is 22.6 Å². The molecule has 0 saturated carbocycles. The number of aromatic nitrogens is 2. The van der Waals surface area contributed by atoms with Crippen molar-refractivity contribution in [2.75, 3.05) is 4.72 Å². The van der Waals surface area contributed by atoms with Gasteiger partial charge in [-0.05, 0) is 26.0 Å². The normalized spacial score (nSPS) is 11.1. The topological polar surface area (TPSA) is 76.3 Å². The molecule has 0 radical (unpaired) electrons. The van der Waals surface area contributed by atoms with E-state index in [4.69, 9.17) is 6.57 Å². The molecule has 0 fully saturated rings. The number of rotatable bonds is 4. The Hall–Kier alpha value is -2.76. The molecule has 8 heteroatoms. The van der Waals surface area contributed by atoms with Gasteiger partial charge >= 0.3 is 0 Å². The standard InChI is InChI=1S/C17H14N4O2S2/c1-11-5-4-6-15(19-11)21-25(22,23)17-12(2)20-16(24-17)13-7-9-14(18-3)10-8-13/h4-10H,1-2H3,(H,19,21). The highest BCUT2D eigenvalue weighted by Gasteiger charge is 2.23. The third kappa shape index (κ3) is 3.68. The van der Waals surface area contributed by atoms with Crippen molar-refractivity contribution in [2.45, 2.75) is 18.1 Å². The maximum absolute atomic E-state index is 12.7. The Morgan fingerprint density at radius 3 is 2.44 bits per heavy atom. The van der Waals surface area contributed by atoms with Crippen molar-refractivity contribution >= 4 is 32.9 Å². The van der Waals surface area contributed by atoms with Gasteiger partial charge in [-0.15, -0.1) is 11.3 Å². The summed E-state index contributed by atoms with van der Waals surface area (Å²) in [4.78, 5) is 11.9. The van der Waals surface area contributed by atoms with Crippen molar-refractivity contribution in [2.24, 2.45) is 0 Å². The Balaban J connectivity index is 1.94. The van der Waals surface area contributed by atoms with Crippen LogP contribution in [0.5, 0.6) is 0 Å². The van der Waals surface area contributed by atoms with Crippen molar-refractivity contribution < 1.29 is 8.42 Å². The number of sulfonamides is 1. The summed E-state index contributed by atoms with van der Waals surface area (Å²) in [5.74, 6) is 0.274. The van der Waals surface area contributed by atoms with Gasteiger partial charge in [0, 0.05) is 11.3 Å². The van der Waals surface area contributed by atoms with Crippen molar-refractivity contribution in [1.29, 1.82) is 0 Å². The lowest BCUT2D eigenvalue weighted by molar-refractivity contribution is 0.602. The smallest absolute Gasteiger partial charge is 0.263 e. The summed E-state index contributed by atoms with van der Waals surface area (Å²) in [5.41, 5.74) is 2.45. The van der Waals surface area contributed by atoms with E-state index in [0.29, 0.717) is 16.4 Å². The molecule has 0 spiro atoms. The minimum atomic E-state index is -3.77. The van der Waals surface area contributed by atoms with Crippen LogP contribution in [0.3, 0.4) is 0 Å². The summed E-state index contributed by atoms with van der Waals surface area (Å²) >= 11 is 1.09. The molecule has 3 aromatic rings. The molecule has 0 aliphatic rings. The van der Waals surface area contributed by atoms with Gasteiger partial charge in [0.15, 0.2) is 9.90 Å². The molecule has 0 aliphatic carbocycles. The van der Waals surface area contributed by atoms with Gasteiger partial charge in [-0.2, -0.15) is 0 Å². The highest BCUT2D eigenvalue weighted by atomic mass is 32.2. The van der Waals surface area contributed by atoms with E-state index in [1.165, 1.54) is 0 Å². The summed E-state index contributed by atoms with van der Waals surface area (Å²) in [6.45, 7) is 10.4. The number of pyridine rings is 1. The first kappa shape index (κ1) is 17.1. The summed E-state index contributed by atoms with van der Waals surface area (Å²) in [5, 5.41) is 0.589. The second-order valence-electron chi connectivity index (χ2n) is 5.32. The highest BCUT2D eigenvalue weighted by Crippen LogP contribution is 2.32. The molecule has 3 rings (SSSR count). The first-order valence-corrected chi connectivity index (χ1v) is 9.61. The lowest BCUT2D eigenvalue weighted by Gasteiger charge is -2.06. The van der Waals surface area contributed by atoms with Gasteiger partial charge in [-0.1, -0.05) is 30.3 Å². The fourth-order valence-electron chi connectivity index (χ4n) is 2.22. The second-order valence-corrected chi connectivity index (χ2v) is 8.20. The van der Waals surface area contributed by atoms with Gasteiger partial charge in [-0.25, -0.2) is 23.2 Å². The monoisotopic (exact) mass is 370 g/mol. The number of benzene rings is 1. The average molecular weight is 370 g/mol. The molecule has 0 atom stereocenters. The van der Waals surface area contributed by atoms with Crippen LogP contribution in [0.1, 0.15) is 11.4 Å². The van der Waals surface area contributed by atoms with Gasteiger partial charge in [0.1, 0.15) is 10.8 Å². The maximum atomic E-state index is 12.7. The molecule has 0 aliphatic heterocycles. The fraction of sp³-hybridized carbons (Fsp3) is 0.118. The van der Waals surface area contributed by atoms with E-state index in [1.807, 2.05) is 0 Å². The van der Waals surface area contributed by atoms with Crippen molar-refractivity contribution in [3.63, 3.8) is 0 Å². The Kier molecular flexibility index (Phi) is 4.53. The molecule has 2 aromatic heterocycles. The summed E-state index contributed by atoms with van der Waals surface area (Å²) in [6.07, 6.45) is 0. The van der Waals surface area contributed by atoms with Gasteiger partial charge < -0.3 is 0 Å². The quantitative estimate of drug-likeness (QED) is 0.699. The molecule has 1 N–H and O–H groups in total. The third-order valence-corrected chi connectivity index (χ3v) is 6.54. The van der Waals surface area contributed by atoms with Gasteiger partial charge in [0.25, 0.3) is 10.0 Å². The Labute approximate surface area is 150 Å². The van der Waals surface area contributed by atoms with Crippen LogP contribution in [0.2, 0.25) is 0 Å². The number of hydrogen-bond donors (Lipinski definition) is 1. The molecule has 0 unspecified atom stereocenters. The minimum absolute atomic E-state index is 0.153. The molecule has 2 heterocycles. The zero-order valence-corrected chi connectivity index (χ0v) is 15.1. The molecule has 6 nitrogen and oxygen atoms in total. The number of nitrogens with one attached hydrogen (secondary N) is 1. The van der Waals surface area contributed by atoms with Gasteiger partial charge in [0.05, 0.1) is 12.3 Å². The zero-order chi connectivity index (χ0) is 18.0. The van der Waals surface area contributed by atoms with E-state index in [1.54, 1.807) is 56.3 Å². The van der Waals surface area contributed by atoms with E-state index in [2.05, 4.69) is 19.5 Å². The van der Waals surface area contributed by atoms with E-state index in [9.17, 15) is 8.42 Å². The zero-order valence-electron chi connectivity index (χ0n) is 13.5. The van der Waals surface area contributed by atoms with E-state index >= 15 is 0 Å². The number of nitrogens with zero attached hydrogens (tertiary/aromatic N) is 3. The predicted molar refractivity (Wildman–Crippen MR) is 98.3 cm³/mol. The average Bonchev–Trinajstić information content (AvgIpc) is 2.97. The number of anilines is 1. The maximum Gasteiger partial charge on any atom is 0.274 e. The van der Waals surface area contributed by atoms with E-state index in [-0.39, 0.29) is 10.0 Å². The Morgan fingerprint density at radius 2 is 1.80 bits per heavy atom. The molecule has 25 heavy (non-hydrogen) atoms. The first-order chi connectivity index (χ1) is 11.9. The van der Waals surface area contributed by atoms with Gasteiger partial charge in [-0.3, -0.25) is 4.72 Å². The fourth-order valence-corrected chi connectivity index (χ4v) is 4.74. The summed E-state index contributed by atoms with van der Waals surface area (Å²) in [7, 11) is -3.77. The van der Waals surface area contributed by atoms with Crippen LogP contribution < -0.4 is 4.72 Å². The van der Waals surface area contributed by atoms with Crippen molar-refractivity contribution in [3.05, 3.63) is 65.3 Å². The first-order valence-electron chi connectivity index (χ1n) is 7.31. The number of hydrogen-bond acceptors (Lipinski definition) is 5. The molecule has 0 amide bonds. The molecular formula is C17H14N4O2S2. The van der Waals surface area contributed by atoms with Crippen LogP contribution in [0.25, 0.3) is 15.4 Å². The van der Waals surface area contributed by atoms with Crippen LogP contribution in [0.4, 0.5) is 11.5 Å².